The molecule has 4 rings (SSSR count). The molecular formula is C36H45FO9. The molecule has 0 N–H and O–H groups in total. The van der Waals surface area contributed by atoms with Crippen LogP contribution in [-0.2, 0) is 35.0 Å². The Hall–Kier alpha value is -3.76. The molecular weight excluding hydrogens is 595 g/mol. The number of carbonyl (C=O) groups is 3. The highest BCUT2D eigenvalue weighted by molar-refractivity contribution is 5.91. The molecule has 0 aromatic heterocycles. The summed E-state index contributed by atoms with van der Waals surface area (Å²) in [6, 6.07) is 10.8. The molecule has 2 fully saturated rings. The number of unbranched alkanes of at least 4 members (excludes halogenated alkanes) is 1. The quantitative estimate of drug-likeness (QED) is 0.0566. The van der Waals surface area contributed by atoms with Gasteiger partial charge in [-0.3, -0.25) is 4.79 Å². The van der Waals surface area contributed by atoms with Gasteiger partial charge in [-0.2, -0.15) is 0 Å². The summed E-state index contributed by atoms with van der Waals surface area (Å²) in [6.07, 6.45) is 8.09. The summed E-state index contributed by atoms with van der Waals surface area (Å²) in [6.45, 7) is 8.79. The molecule has 1 aliphatic heterocycles. The van der Waals surface area contributed by atoms with Gasteiger partial charge in [-0.1, -0.05) is 18.7 Å². The van der Waals surface area contributed by atoms with Gasteiger partial charge < -0.3 is 28.4 Å². The summed E-state index contributed by atoms with van der Waals surface area (Å²) < 4.78 is 47.2. The molecule has 9 nitrogen and oxygen atoms in total. The SMILES string of the molecule is C=CC(=O)OCC1CCC(COC(=O)CCc2ccc(OC(=O)c3ccc(OCCCCOCCC4(C)CO4)cc3F)cc2)CC1. The third kappa shape index (κ3) is 12.2. The van der Waals surface area contributed by atoms with Crippen molar-refractivity contribution in [2.24, 2.45) is 11.8 Å². The number of aryl methyl sites for hydroxylation is 1. The second-order valence-electron chi connectivity index (χ2n) is 12.2. The molecule has 0 amide bonds. The van der Waals surface area contributed by atoms with Crippen molar-refractivity contribution in [1.82, 2.24) is 0 Å². The van der Waals surface area contributed by atoms with Crippen molar-refractivity contribution in [2.75, 3.05) is 39.6 Å². The van der Waals surface area contributed by atoms with Crippen molar-refractivity contribution < 1.29 is 47.2 Å². The molecule has 1 atom stereocenters. The lowest BCUT2D eigenvalue weighted by atomic mass is 9.83. The first-order valence-corrected chi connectivity index (χ1v) is 16.1. The molecule has 250 valence electrons. The van der Waals surface area contributed by atoms with E-state index in [0.717, 1.165) is 57.1 Å². The van der Waals surface area contributed by atoms with Crippen LogP contribution in [0, 0.1) is 17.7 Å². The Bertz CT molecular complexity index is 1300. The van der Waals surface area contributed by atoms with Gasteiger partial charge in [-0.15, -0.1) is 0 Å². The molecule has 0 spiro atoms. The highest BCUT2D eigenvalue weighted by Crippen LogP contribution is 2.30. The molecule has 2 aliphatic rings. The fourth-order valence-electron chi connectivity index (χ4n) is 5.14. The Labute approximate surface area is 270 Å². The van der Waals surface area contributed by atoms with E-state index >= 15 is 0 Å². The van der Waals surface area contributed by atoms with E-state index in [-0.39, 0.29) is 29.3 Å². The molecule has 1 saturated heterocycles. The average molecular weight is 641 g/mol. The van der Waals surface area contributed by atoms with Crippen molar-refractivity contribution in [3.63, 3.8) is 0 Å². The largest absolute Gasteiger partial charge is 0.493 e. The van der Waals surface area contributed by atoms with Gasteiger partial charge in [-0.05, 0) is 93.5 Å². The number of hydrogen-bond donors (Lipinski definition) is 0. The Morgan fingerprint density at radius 3 is 2.24 bits per heavy atom. The summed E-state index contributed by atoms with van der Waals surface area (Å²) in [7, 11) is 0. The van der Waals surface area contributed by atoms with Crippen LogP contribution in [0.15, 0.2) is 55.1 Å². The molecule has 0 radical (unpaired) electrons. The first-order chi connectivity index (χ1) is 22.2. The van der Waals surface area contributed by atoms with Crippen molar-refractivity contribution in [3.05, 3.63) is 72.1 Å². The summed E-state index contributed by atoms with van der Waals surface area (Å²) in [5, 5.41) is 0. The predicted octanol–water partition coefficient (Wildman–Crippen LogP) is 6.41. The van der Waals surface area contributed by atoms with E-state index in [1.54, 1.807) is 30.3 Å². The number of ether oxygens (including phenoxy) is 6. The van der Waals surface area contributed by atoms with Gasteiger partial charge in [0.25, 0.3) is 0 Å². The lowest BCUT2D eigenvalue weighted by molar-refractivity contribution is -0.146. The number of hydrogen-bond acceptors (Lipinski definition) is 9. The minimum absolute atomic E-state index is 0.00505. The fraction of sp³-hybridized carbons (Fsp3) is 0.528. The molecule has 1 saturated carbocycles. The van der Waals surface area contributed by atoms with Crippen LogP contribution in [0.25, 0.3) is 0 Å². The number of rotatable bonds is 19. The zero-order chi connectivity index (χ0) is 32.8. The maximum absolute atomic E-state index is 14.7. The average Bonchev–Trinajstić information content (AvgIpc) is 3.80. The number of carbonyl (C=O) groups excluding carboxylic acids is 3. The van der Waals surface area contributed by atoms with Crippen LogP contribution in [0.3, 0.4) is 0 Å². The lowest BCUT2D eigenvalue weighted by Gasteiger charge is -2.27. The molecule has 0 bridgehead atoms. The van der Waals surface area contributed by atoms with Gasteiger partial charge >= 0.3 is 17.9 Å². The Kier molecular flexibility index (Phi) is 13.6. The molecule has 2 aromatic rings. The predicted molar refractivity (Wildman–Crippen MR) is 168 cm³/mol. The van der Waals surface area contributed by atoms with Gasteiger partial charge in [0.1, 0.15) is 17.3 Å². The van der Waals surface area contributed by atoms with Crippen molar-refractivity contribution >= 4 is 17.9 Å². The smallest absolute Gasteiger partial charge is 0.346 e. The summed E-state index contributed by atoms with van der Waals surface area (Å²) >= 11 is 0. The Morgan fingerprint density at radius 1 is 0.935 bits per heavy atom. The zero-order valence-corrected chi connectivity index (χ0v) is 26.6. The van der Waals surface area contributed by atoms with Gasteiger partial charge in [0.05, 0.1) is 37.6 Å². The van der Waals surface area contributed by atoms with Crippen LogP contribution in [0.5, 0.6) is 11.5 Å². The van der Waals surface area contributed by atoms with Crippen LogP contribution in [0.2, 0.25) is 0 Å². The second-order valence-corrected chi connectivity index (χ2v) is 12.2. The third-order valence-corrected chi connectivity index (χ3v) is 8.35. The normalized spacial score (nSPS) is 20.4. The topological polar surface area (TPSA) is 110 Å². The fourth-order valence-corrected chi connectivity index (χ4v) is 5.14. The number of benzene rings is 2. The van der Waals surface area contributed by atoms with E-state index in [2.05, 4.69) is 13.5 Å². The number of halogens is 1. The minimum Gasteiger partial charge on any atom is -0.493 e. The monoisotopic (exact) mass is 640 g/mol. The second kappa shape index (κ2) is 17.8. The molecule has 10 heteroatoms. The Balaban J connectivity index is 1.08. The van der Waals surface area contributed by atoms with Crippen molar-refractivity contribution in [3.8, 4) is 11.5 Å². The molecule has 1 heterocycles. The molecule has 2 aromatic carbocycles. The molecule has 46 heavy (non-hydrogen) atoms. The zero-order valence-electron chi connectivity index (χ0n) is 26.6. The van der Waals surface area contributed by atoms with E-state index in [1.807, 2.05) is 0 Å². The highest BCUT2D eigenvalue weighted by atomic mass is 19.1. The van der Waals surface area contributed by atoms with E-state index in [1.165, 1.54) is 18.2 Å². The summed E-state index contributed by atoms with van der Waals surface area (Å²) in [4.78, 5) is 36.1. The van der Waals surface area contributed by atoms with Crippen molar-refractivity contribution in [2.45, 2.75) is 70.3 Å². The van der Waals surface area contributed by atoms with E-state index < -0.39 is 17.8 Å². The summed E-state index contributed by atoms with van der Waals surface area (Å²) in [5.74, 6) is -0.934. The van der Waals surface area contributed by atoms with Crippen LogP contribution in [0.4, 0.5) is 4.39 Å². The first kappa shape index (κ1) is 35.1. The molecule has 1 aliphatic carbocycles. The minimum atomic E-state index is -0.810. The van der Waals surface area contributed by atoms with E-state index in [0.29, 0.717) is 57.0 Å². The van der Waals surface area contributed by atoms with Gasteiger partial charge in [0.2, 0.25) is 0 Å². The van der Waals surface area contributed by atoms with E-state index in [4.69, 9.17) is 28.4 Å². The lowest BCUT2D eigenvalue weighted by Crippen LogP contribution is -2.23. The van der Waals surface area contributed by atoms with Gasteiger partial charge in [0.15, 0.2) is 0 Å². The summed E-state index contributed by atoms with van der Waals surface area (Å²) in [5.41, 5.74) is 0.698. The standard InChI is InChI=1S/C36H45FO9/c1-3-33(38)43-23-27-6-8-28(9-7-27)24-44-34(39)17-12-26-10-13-29(14-11-26)46-35(40)31-16-15-30(22-32(31)37)42-20-5-4-19-41-21-18-36(2)25-45-36/h3,10-11,13-16,22,27-28H,1,4-9,12,17-21,23-25H2,2H3. The number of esters is 3. The van der Waals surface area contributed by atoms with E-state index in [9.17, 15) is 18.8 Å². The first-order valence-electron chi connectivity index (χ1n) is 16.1. The van der Waals surface area contributed by atoms with Crippen LogP contribution >= 0.6 is 0 Å². The van der Waals surface area contributed by atoms with Gasteiger partial charge in [-0.25, -0.2) is 14.0 Å². The van der Waals surface area contributed by atoms with Gasteiger partial charge in [0, 0.05) is 38.2 Å². The van der Waals surface area contributed by atoms with Crippen LogP contribution < -0.4 is 9.47 Å². The maximum Gasteiger partial charge on any atom is 0.346 e. The molecule has 1 unspecified atom stereocenters. The Morgan fingerprint density at radius 2 is 1.59 bits per heavy atom. The maximum atomic E-state index is 14.7. The van der Waals surface area contributed by atoms with Crippen LogP contribution in [0.1, 0.15) is 74.2 Å². The third-order valence-electron chi connectivity index (χ3n) is 8.35. The number of epoxide rings is 1. The highest BCUT2D eigenvalue weighted by Gasteiger charge is 2.38. The van der Waals surface area contributed by atoms with Crippen LogP contribution in [-0.4, -0.2) is 63.2 Å². The van der Waals surface area contributed by atoms with Crippen molar-refractivity contribution in [1.29, 1.82) is 0 Å².